The minimum absolute atomic E-state index is 0.154. The number of carbonyl (C=O) groups excluding carboxylic acids is 1. The molecule has 1 aromatic carbocycles. The Morgan fingerprint density at radius 2 is 2.00 bits per heavy atom. The lowest BCUT2D eigenvalue weighted by atomic mass is 10.3. The minimum atomic E-state index is -3.84. The van der Waals surface area contributed by atoms with E-state index in [1.165, 1.54) is 18.2 Å². The first-order valence-electron chi connectivity index (χ1n) is 3.91. The zero-order valence-corrected chi connectivity index (χ0v) is 9.55. The van der Waals surface area contributed by atoms with Crippen LogP contribution in [0.1, 0.15) is 0 Å². The molecule has 0 spiro atoms. The summed E-state index contributed by atoms with van der Waals surface area (Å²) in [6.45, 7) is 0. The van der Waals surface area contributed by atoms with E-state index in [-0.39, 0.29) is 10.6 Å². The first-order chi connectivity index (χ1) is 7.30. The van der Waals surface area contributed by atoms with Crippen LogP contribution in [0.25, 0.3) is 0 Å². The van der Waals surface area contributed by atoms with Gasteiger partial charge in [-0.05, 0) is 18.2 Å². The highest BCUT2D eigenvalue weighted by Crippen LogP contribution is 2.14. The second-order valence-electron chi connectivity index (χ2n) is 2.76. The number of rotatable bonds is 3. The Morgan fingerprint density at radius 3 is 2.50 bits per heavy atom. The largest absolute Gasteiger partial charge is 0.357 e. The van der Waals surface area contributed by atoms with Gasteiger partial charge in [0.1, 0.15) is 0 Å². The molecule has 0 aliphatic heterocycles. The van der Waals surface area contributed by atoms with Gasteiger partial charge >= 0.3 is 5.24 Å². The number of nitrogens with one attached hydrogen (secondary N) is 1. The van der Waals surface area contributed by atoms with E-state index in [1.807, 2.05) is 0 Å². The Labute approximate surface area is 94.5 Å². The van der Waals surface area contributed by atoms with Crippen molar-refractivity contribution in [3.05, 3.63) is 24.3 Å². The Hall–Kier alpha value is -1.45. The zero-order chi connectivity index (χ0) is 12.3. The van der Waals surface area contributed by atoms with Gasteiger partial charge in [-0.15, -0.1) is 0 Å². The van der Waals surface area contributed by atoms with Gasteiger partial charge in [0.25, 0.3) is 0 Å². The van der Waals surface area contributed by atoms with Gasteiger partial charge in [-0.3, -0.25) is 9.52 Å². The molecular weight excluding hydrogens is 254 g/mol. The second kappa shape index (κ2) is 4.60. The van der Waals surface area contributed by atoms with Gasteiger partial charge in [-0.1, -0.05) is 6.07 Å². The van der Waals surface area contributed by atoms with Crippen molar-refractivity contribution in [1.29, 1.82) is 0 Å². The summed E-state index contributed by atoms with van der Waals surface area (Å²) in [4.78, 5) is 10.3. The van der Waals surface area contributed by atoms with Gasteiger partial charge in [0, 0.05) is 5.69 Å². The summed E-state index contributed by atoms with van der Waals surface area (Å²) in [6, 6.07) is 5.24. The van der Waals surface area contributed by atoms with Gasteiger partial charge in [-0.25, -0.2) is 17.8 Å². The van der Waals surface area contributed by atoms with Crippen LogP contribution in [0.5, 0.6) is 0 Å². The molecule has 9 heteroatoms. The van der Waals surface area contributed by atoms with E-state index in [2.05, 4.69) is 4.72 Å². The van der Waals surface area contributed by atoms with Crippen molar-refractivity contribution in [2.45, 2.75) is 4.90 Å². The molecule has 0 fully saturated rings. The van der Waals surface area contributed by atoms with Crippen LogP contribution in [0.2, 0.25) is 0 Å². The third kappa shape index (κ3) is 3.29. The Kier molecular flexibility index (Phi) is 3.62. The fourth-order valence-electron chi connectivity index (χ4n) is 0.894. The third-order valence-electron chi connectivity index (χ3n) is 1.56. The lowest BCUT2D eigenvalue weighted by molar-refractivity contribution is 0.266. The molecule has 1 aromatic rings. The molecule has 88 valence electrons. The number of nitrogens with two attached hydrogens (primary N) is 2. The molecule has 0 heterocycles. The normalized spacial score (nSPS) is 13.1. The predicted octanol–water partition coefficient (Wildman–Crippen LogP) is -0.512. The van der Waals surface area contributed by atoms with Crippen LogP contribution in [0.4, 0.5) is 10.5 Å². The van der Waals surface area contributed by atoms with Crippen LogP contribution in [-0.2, 0) is 21.0 Å². The van der Waals surface area contributed by atoms with Crippen molar-refractivity contribution < 1.29 is 17.4 Å². The van der Waals surface area contributed by atoms with Crippen molar-refractivity contribution >= 4 is 31.9 Å². The summed E-state index contributed by atoms with van der Waals surface area (Å²) < 4.78 is 35.2. The molecule has 16 heavy (non-hydrogen) atoms. The number of carbonyl (C=O) groups is 1. The molecule has 7 nitrogen and oxygen atoms in total. The van der Waals surface area contributed by atoms with Crippen LogP contribution in [-0.4, -0.2) is 17.9 Å². The molecule has 0 saturated carbocycles. The summed E-state index contributed by atoms with van der Waals surface area (Å²) in [5, 5.41) is 3.84. The molecule has 0 aliphatic carbocycles. The number of primary amides is 1. The molecule has 0 aliphatic rings. The molecule has 0 aromatic heterocycles. The lowest BCUT2D eigenvalue weighted by Gasteiger charge is -2.04. The number of hydrogen-bond acceptors (Lipinski definition) is 4. The number of sulfonamides is 1. The van der Waals surface area contributed by atoms with Gasteiger partial charge in [0.05, 0.1) is 4.90 Å². The highest BCUT2D eigenvalue weighted by Gasteiger charge is 2.10. The molecule has 1 atom stereocenters. The van der Waals surface area contributed by atoms with Gasteiger partial charge in [-0.2, -0.15) is 0 Å². The molecule has 1 rings (SSSR count). The van der Waals surface area contributed by atoms with E-state index in [0.717, 1.165) is 6.07 Å². The van der Waals surface area contributed by atoms with E-state index in [4.69, 9.17) is 10.9 Å². The number of anilines is 1. The van der Waals surface area contributed by atoms with E-state index >= 15 is 0 Å². The van der Waals surface area contributed by atoms with Crippen LogP contribution in [0.3, 0.4) is 0 Å². The molecule has 1 amide bonds. The summed E-state index contributed by atoms with van der Waals surface area (Å²) >= 11 is 0. The van der Waals surface area contributed by atoms with E-state index in [0.29, 0.717) is 0 Å². The first kappa shape index (κ1) is 12.6. The van der Waals surface area contributed by atoms with Crippen LogP contribution >= 0.6 is 0 Å². The Morgan fingerprint density at radius 1 is 1.38 bits per heavy atom. The fourth-order valence-corrected chi connectivity index (χ4v) is 1.90. The number of benzene rings is 1. The van der Waals surface area contributed by atoms with E-state index in [1.54, 1.807) is 0 Å². The summed E-state index contributed by atoms with van der Waals surface area (Å²) in [6.07, 6.45) is 0. The highest BCUT2D eigenvalue weighted by molar-refractivity contribution is 8.01. The second-order valence-corrected chi connectivity index (χ2v) is 5.47. The van der Waals surface area contributed by atoms with Gasteiger partial charge in [0.2, 0.25) is 21.0 Å². The monoisotopic (exact) mass is 263 g/mol. The molecule has 5 N–H and O–H groups in total. The maximum Gasteiger partial charge on any atom is 0.327 e. The van der Waals surface area contributed by atoms with Crippen LogP contribution in [0.15, 0.2) is 29.2 Å². The predicted molar refractivity (Wildman–Crippen MR) is 59.2 cm³/mol. The number of primary sulfonamides is 1. The molecule has 1 unspecified atom stereocenters. The lowest BCUT2D eigenvalue weighted by Crippen LogP contribution is -2.21. The average Bonchev–Trinajstić information content (AvgIpc) is 2.16. The van der Waals surface area contributed by atoms with Gasteiger partial charge in [0.15, 0.2) is 0 Å². The fraction of sp³-hybridized carbons (Fsp3) is 0. The summed E-state index contributed by atoms with van der Waals surface area (Å²) in [5.74, 6) is 0. The van der Waals surface area contributed by atoms with Crippen LogP contribution in [0, 0.1) is 0 Å². The number of hydrogen-bond donors (Lipinski definition) is 3. The number of amides is 1. The van der Waals surface area contributed by atoms with Gasteiger partial charge < -0.3 is 5.73 Å². The maximum atomic E-state index is 11.0. The standard InChI is InChI=1S/C7H9N3O4S2/c8-7(11)15(12)10-5-2-1-3-6(4-5)16(9,13)14/h1-4,10H,(H2,8,11)(H2,9,13,14). The van der Waals surface area contributed by atoms with E-state index < -0.39 is 26.2 Å². The third-order valence-corrected chi connectivity index (χ3v) is 3.25. The molecule has 0 saturated heterocycles. The van der Waals surface area contributed by atoms with Crippen molar-refractivity contribution in [1.82, 2.24) is 0 Å². The topological polar surface area (TPSA) is 132 Å². The zero-order valence-electron chi connectivity index (χ0n) is 7.91. The summed E-state index contributed by atoms with van der Waals surface area (Å²) in [7, 11) is -5.94. The van der Waals surface area contributed by atoms with Crippen molar-refractivity contribution in [3.63, 3.8) is 0 Å². The molecule has 0 radical (unpaired) electrons. The maximum absolute atomic E-state index is 11.0. The highest BCUT2D eigenvalue weighted by atomic mass is 32.2. The SMILES string of the molecule is NC(=O)S(=O)Nc1cccc(S(N)(=O)=O)c1. The quantitative estimate of drug-likeness (QED) is 0.677. The van der Waals surface area contributed by atoms with E-state index in [9.17, 15) is 17.4 Å². The molecular formula is C7H9N3O4S2. The minimum Gasteiger partial charge on any atom is -0.357 e. The Balaban J connectivity index is 3.01. The van der Waals surface area contributed by atoms with Crippen molar-refractivity contribution in [3.8, 4) is 0 Å². The van der Waals surface area contributed by atoms with Crippen LogP contribution < -0.4 is 15.6 Å². The van der Waals surface area contributed by atoms with Crippen molar-refractivity contribution in [2.75, 3.05) is 4.72 Å². The average molecular weight is 263 g/mol. The molecule has 0 bridgehead atoms. The Bertz CT molecular complexity index is 540. The first-order valence-corrected chi connectivity index (χ1v) is 6.61. The summed E-state index contributed by atoms with van der Waals surface area (Å²) in [5.41, 5.74) is 4.93. The van der Waals surface area contributed by atoms with Crippen molar-refractivity contribution in [2.24, 2.45) is 10.9 Å². The smallest absolute Gasteiger partial charge is 0.327 e.